The highest BCUT2D eigenvalue weighted by molar-refractivity contribution is 7.89. The van der Waals surface area contributed by atoms with Crippen molar-refractivity contribution in [2.75, 3.05) is 32.6 Å². The molecule has 7 nitrogen and oxygen atoms in total. The number of carbonyl (C=O) groups is 1. The van der Waals surface area contributed by atoms with E-state index in [0.29, 0.717) is 18.6 Å². The quantitative estimate of drug-likeness (QED) is 0.774. The van der Waals surface area contributed by atoms with Gasteiger partial charge in [0.1, 0.15) is 22.2 Å². The Bertz CT molecular complexity index is 988. The molecule has 29 heavy (non-hydrogen) atoms. The lowest BCUT2D eigenvalue weighted by Crippen LogP contribution is -2.41. The van der Waals surface area contributed by atoms with Crippen LogP contribution in [0, 0.1) is 11.7 Å². The number of nitrogens with one attached hydrogen (secondary N) is 1. The van der Waals surface area contributed by atoms with E-state index in [1.165, 1.54) is 36.7 Å². The Balaban J connectivity index is 1.70. The van der Waals surface area contributed by atoms with Gasteiger partial charge in [-0.15, -0.1) is 0 Å². The number of anilines is 1. The summed E-state index contributed by atoms with van der Waals surface area (Å²) in [6.07, 6.45) is 0.678. The molecule has 0 aliphatic carbocycles. The highest BCUT2D eigenvalue weighted by Crippen LogP contribution is 2.32. The molecule has 1 aliphatic rings. The van der Waals surface area contributed by atoms with E-state index < -0.39 is 21.8 Å². The molecule has 1 amide bonds. The second kappa shape index (κ2) is 8.79. The minimum Gasteiger partial charge on any atom is -0.497 e. The van der Waals surface area contributed by atoms with Crippen LogP contribution in [0.5, 0.6) is 11.5 Å². The first-order valence-corrected chi connectivity index (χ1v) is 10.6. The van der Waals surface area contributed by atoms with E-state index in [1.807, 2.05) is 0 Å². The van der Waals surface area contributed by atoms with Gasteiger partial charge in [0, 0.05) is 25.1 Å². The van der Waals surface area contributed by atoms with Crippen LogP contribution in [-0.4, -0.2) is 45.9 Å². The van der Waals surface area contributed by atoms with Crippen LogP contribution >= 0.6 is 0 Å². The van der Waals surface area contributed by atoms with E-state index in [1.54, 1.807) is 24.3 Å². The Morgan fingerprint density at radius 1 is 1.10 bits per heavy atom. The molecule has 0 unspecified atom stereocenters. The number of piperidine rings is 1. The van der Waals surface area contributed by atoms with Crippen LogP contribution in [0.1, 0.15) is 12.8 Å². The average molecular weight is 422 g/mol. The molecule has 2 aromatic rings. The van der Waals surface area contributed by atoms with Gasteiger partial charge in [-0.3, -0.25) is 4.79 Å². The monoisotopic (exact) mass is 422 g/mol. The topological polar surface area (TPSA) is 84.9 Å². The predicted octanol–water partition coefficient (Wildman–Crippen LogP) is 2.88. The third-order valence-corrected chi connectivity index (χ3v) is 6.86. The van der Waals surface area contributed by atoms with E-state index in [0.717, 1.165) is 0 Å². The van der Waals surface area contributed by atoms with Gasteiger partial charge in [0.2, 0.25) is 15.9 Å². The Morgan fingerprint density at radius 3 is 2.41 bits per heavy atom. The van der Waals surface area contributed by atoms with E-state index in [9.17, 15) is 17.6 Å². The first-order valence-electron chi connectivity index (χ1n) is 9.14. The lowest BCUT2D eigenvalue weighted by molar-refractivity contribution is -0.120. The van der Waals surface area contributed by atoms with Crippen molar-refractivity contribution in [3.8, 4) is 11.5 Å². The molecule has 9 heteroatoms. The van der Waals surface area contributed by atoms with Crippen LogP contribution in [0.25, 0.3) is 0 Å². The van der Waals surface area contributed by atoms with Gasteiger partial charge in [0.05, 0.1) is 19.9 Å². The number of carbonyl (C=O) groups excluding carboxylic acids is 1. The second-order valence-electron chi connectivity index (χ2n) is 6.66. The summed E-state index contributed by atoms with van der Waals surface area (Å²) in [5.41, 5.74) is 0.119. The Kier molecular flexibility index (Phi) is 6.39. The molecule has 1 fully saturated rings. The Morgan fingerprint density at radius 2 is 1.79 bits per heavy atom. The molecule has 0 bridgehead atoms. The number of amides is 1. The molecule has 1 heterocycles. The molecule has 3 rings (SSSR count). The van der Waals surface area contributed by atoms with Crippen LogP contribution < -0.4 is 14.8 Å². The molecule has 0 radical (unpaired) electrons. The maximum absolute atomic E-state index is 13.7. The molecule has 156 valence electrons. The Labute approximate surface area is 169 Å². The van der Waals surface area contributed by atoms with Crippen LogP contribution in [-0.2, 0) is 14.8 Å². The first kappa shape index (κ1) is 21.1. The number of rotatable bonds is 6. The molecule has 0 spiro atoms. The average Bonchev–Trinajstić information content (AvgIpc) is 2.74. The summed E-state index contributed by atoms with van der Waals surface area (Å²) in [4.78, 5) is 12.5. The molecule has 0 atom stereocenters. The van der Waals surface area contributed by atoms with Crippen LogP contribution in [0.2, 0.25) is 0 Å². The number of ether oxygens (including phenoxy) is 2. The van der Waals surface area contributed by atoms with Crippen molar-refractivity contribution in [2.24, 2.45) is 5.92 Å². The van der Waals surface area contributed by atoms with Crippen molar-refractivity contribution >= 4 is 21.6 Å². The zero-order valence-electron chi connectivity index (χ0n) is 16.2. The molecule has 2 aromatic carbocycles. The molecule has 1 saturated heterocycles. The van der Waals surface area contributed by atoms with Gasteiger partial charge in [-0.05, 0) is 37.1 Å². The fourth-order valence-corrected chi connectivity index (χ4v) is 4.92. The smallest absolute Gasteiger partial charge is 0.246 e. The highest BCUT2D eigenvalue weighted by Gasteiger charge is 2.34. The zero-order valence-corrected chi connectivity index (χ0v) is 17.0. The number of hydrogen-bond donors (Lipinski definition) is 1. The van der Waals surface area contributed by atoms with Gasteiger partial charge in [0.15, 0.2) is 0 Å². The van der Waals surface area contributed by atoms with Gasteiger partial charge in [0.25, 0.3) is 0 Å². The van der Waals surface area contributed by atoms with Crippen molar-refractivity contribution in [1.82, 2.24) is 4.31 Å². The molecule has 0 saturated carbocycles. The van der Waals surface area contributed by atoms with Crippen LogP contribution in [0.4, 0.5) is 10.1 Å². The number of para-hydroxylation sites is 1. The minimum absolute atomic E-state index is 0.0219. The first-order chi connectivity index (χ1) is 13.9. The van der Waals surface area contributed by atoms with Gasteiger partial charge in [-0.25, -0.2) is 12.8 Å². The highest BCUT2D eigenvalue weighted by atomic mass is 32.2. The van der Waals surface area contributed by atoms with Crippen molar-refractivity contribution < 1.29 is 27.1 Å². The van der Waals surface area contributed by atoms with Gasteiger partial charge < -0.3 is 14.8 Å². The Hall–Kier alpha value is -2.65. The number of methoxy groups -OCH3 is 2. The standard InChI is InChI=1S/C20H23FN2O5S/c1-27-15-7-8-18(28-2)19(13-15)29(25,26)23-11-9-14(10-12-23)20(24)22-17-6-4-3-5-16(17)21/h3-8,13-14H,9-12H2,1-2H3,(H,22,24). The predicted molar refractivity (Wildman–Crippen MR) is 106 cm³/mol. The third-order valence-electron chi connectivity index (χ3n) is 4.95. The summed E-state index contributed by atoms with van der Waals surface area (Å²) in [5.74, 6) is -0.584. The zero-order chi connectivity index (χ0) is 21.0. The van der Waals surface area contributed by atoms with Gasteiger partial charge >= 0.3 is 0 Å². The minimum atomic E-state index is -3.82. The number of hydrogen-bond acceptors (Lipinski definition) is 5. The van der Waals surface area contributed by atoms with E-state index >= 15 is 0 Å². The summed E-state index contributed by atoms with van der Waals surface area (Å²) in [7, 11) is -0.956. The van der Waals surface area contributed by atoms with Gasteiger partial charge in [-0.1, -0.05) is 12.1 Å². The SMILES string of the molecule is COc1ccc(OC)c(S(=O)(=O)N2CCC(C(=O)Nc3ccccc3F)CC2)c1. The lowest BCUT2D eigenvalue weighted by Gasteiger charge is -2.31. The van der Waals surface area contributed by atoms with Crippen molar-refractivity contribution in [3.63, 3.8) is 0 Å². The van der Waals surface area contributed by atoms with E-state index in [2.05, 4.69) is 5.32 Å². The number of halogens is 1. The maximum atomic E-state index is 13.7. The van der Waals surface area contributed by atoms with Crippen molar-refractivity contribution in [1.29, 1.82) is 0 Å². The molecule has 0 aromatic heterocycles. The number of benzene rings is 2. The summed E-state index contributed by atoms with van der Waals surface area (Å²) in [6.45, 7) is 0.357. The van der Waals surface area contributed by atoms with Gasteiger partial charge in [-0.2, -0.15) is 4.31 Å². The third kappa shape index (κ3) is 4.51. The normalized spacial score (nSPS) is 15.7. The summed E-state index contributed by atoms with van der Waals surface area (Å²) < 4.78 is 51.6. The van der Waals surface area contributed by atoms with Crippen molar-refractivity contribution in [2.45, 2.75) is 17.7 Å². The largest absolute Gasteiger partial charge is 0.497 e. The summed E-state index contributed by atoms with van der Waals surface area (Å²) in [6, 6.07) is 10.5. The fourth-order valence-electron chi connectivity index (χ4n) is 3.28. The summed E-state index contributed by atoms with van der Waals surface area (Å²) in [5, 5.41) is 2.58. The second-order valence-corrected chi connectivity index (χ2v) is 8.57. The molecular weight excluding hydrogens is 399 g/mol. The fraction of sp³-hybridized carbons (Fsp3) is 0.350. The molecule has 1 aliphatic heterocycles. The lowest BCUT2D eigenvalue weighted by atomic mass is 9.97. The molecular formula is C20H23FN2O5S. The van der Waals surface area contributed by atoms with Crippen LogP contribution in [0.15, 0.2) is 47.4 Å². The van der Waals surface area contributed by atoms with E-state index in [4.69, 9.17) is 9.47 Å². The maximum Gasteiger partial charge on any atom is 0.246 e. The van der Waals surface area contributed by atoms with E-state index in [-0.39, 0.29) is 35.3 Å². The van der Waals surface area contributed by atoms with Crippen molar-refractivity contribution in [3.05, 3.63) is 48.3 Å². The summed E-state index contributed by atoms with van der Waals surface area (Å²) >= 11 is 0. The number of nitrogens with zero attached hydrogens (tertiary/aromatic N) is 1. The van der Waals surface area contributed by atoms with Crippen LogP contribution in [0.3, 0.4) is 0 Å². The number of sulfonamides is 1. The molecule has 1 N–H and O–H groups in total.